The average Bonchev–Trinajstić information content (AvgIpc) is 4.08. The van der Waals surface area contributed by atoms with E-state index in [0.717, 1.165) is 22.6 Å². The fourth-order valence-corrected chi connectivity index (χ4v) is 16.6. The predicted octanol–water partition coefficient (Wildman–Crippen LogP) is 14.0. The lowest BCUT2D eigenvalue weighted by molar-refractivity contribution is 1.13. The smallest absolute Gasteiger partial charge is 0.179 e. The highest BCUT2D eigenvalue weighted by Crippen LogP contribution is 2.41. The summed E-state index contributed by atoms with van der Waals surface area (Å²) in [4.78, 5) is 0. The van der Waals surface area contributed by atoms with E-state index in [1.807, 2.05) is 0 Å². The van der Waals surface area contributed by atoms with Gasteiger partial charge in [0.25, 0.3) is 0 Å². The topological polar surface area (TPSA) is 14.8 Å². The molecule has 0 aliphatic carbocycles. The van der Waals surface area contributed by atoms with Crippen molar-refractivity contribution in [1.29, 1.82) is 0 Å². The van der Waals surface area contributed by atoms with Gasteiger partial charge in [-0.2, -0.15) is 0 Å². The van der Waals surface area contributed by atoms with E-state index in [-0.39, 0.29) is 0 Å². The van der Waals surface area contributed by atoms with E-state index in [1.165, 1.54) is 91.8 Å². The van der Waals surface area contributed by atoms with Crippen LogP contribution in [0, 0.1) is 0 Å². The molecule has 14 rings (SSSR count). The maximum Gasteiger partial charge on any atom is 0.179 e. The summed E-state index contributed by atoms with van der Waals surface area (Å²) >= 11 is 0. The summed E-state index contributed by atoms with van der Waals surface area (Å²) in [5.74, 6) is 0. The molecule has 70 heavy (non-hydrogen) atoms. The third-order valence-electron chi connectivity index (χ3n) is 14.8. The normalized spacial score (nSPS) is 12.0. The van der Waals surface area contributed by atoms with E-state index in [1.54, 1.807) is 0 Å². The summed E-state index contributed by atoms with van der Waals surface area (Å²) in [6.45, 7) is 0. The molecule has 3 heterocycles. The van der Waals surface area contributed by atoms with Gasteiger partial charge >= 0.3 is 0 Å². The Balaban J connectivity index is 1.12. The molecular formula is C66H45N3Si. The first-order valence-electron chi connectivity index (χ1n) is 24.2. The van der Waals surface area contributed by atoms with Crippen LogP contribution in [0.25, 0.3) is 93.6 Å². The molecule has 0 amide bonds. The Bertz CT molecular complexity index is 4130. The van der Waals surface area contributed by atoms with E-state index in [0.29, 0.717) is 0 Å². The number of aromatic nitrogens is 3. The highest BCUT2D eigenvalue weighted by atomic mass is 28.3. The van der Waals surface area contributed by atoms with Crippen molar-refractivity contribution in [2.75, 3.05) is 0 Å². The first-order chi connectivity index (χ1) is 34.8. The van der Waals surface area contributed by atoms with Crippen LogP contribution >= 0.6 is 0 Å². The summed E-state index contributed by atoms with van der Waals surface area (Å²) in [6.07, 6.45) is 0. The first-order valence-corrected chi connectivity index (χ1v) is 26.2. The summed E-state index contributed by atoms with van der Waals surface area (Å²) in [6, 6.07) is 101. The molecule has 0 N–H and O–H groups in total. The minimum atomic E-state index is -2.90. The Labute approximate surface area is 407 Å². The van der Waals surface area contributed by atoms with Crippen molar-refractivity contribution in [1.82, 2.24) is 13.7 Å². The average molecular weight is 908 g/mol. The van der Waals surface area contributed by atoms with Crippen LogP contribution in [-0.4, -0.2) is 21.8 Å². The third-order valence-corrected chi connectivity index (χ3v) is 19.5. The third kappa shape index (κ3) is 6.00. The molecule has 0 atom stereocenters. The zero-order valence-corrected chi connectivity index (χ0v) is 39.3. The molecule has 14 aromatic rings. The number of hydrogen-bond acceptors (Lipinski definition) is 0. The molecule has 0 unspecified atom stereocenters. The molecular weight excluding hydrogens is 863 g/mol. The van der Waals surface area contributed by atoms with E-state index in [9.17, 15) is 0 Å². The fourth-order valence-electron chi connectivity index (χ4n) is 11.8. The second-order valence-electron chi connectivity index (χ2n) is 18.4. The predicted molar refractivity (Wildman–Crippen MR) is 299 cm³/mol. The monoisotopic (exact) mass is 907 g/mol. The molecule has 0 radical (unpaired) electrons. The Hall–Kier alpha value is -8.96. The van der Waals surface area contributed by atoms with Crippen molar-refractivity contribution in [3.63, 3.8) is 0 Å². The van der Waals surface area contributed by atoms with Gasteiger partial charge < -0.3 is 13.7 Å². The molecule has 328 valence electrons. The van der Waals surface area contributed by atoms with Gasteiger partial charge in [-0.15, -0.1) is 0 Å². The molecule has 0 aliphatic rings. The van der Waals surface area contributed by atoms with Gasteiger partial charge in [0, 0.05) is 43.7 Å². The lowest BCUT2D eigenvalue weighted by Gasteiger charge is -2.34. The second-order valence-corrected chi connectivity index (χ2v) is 22.2. The van der Waals surface area contributed by atoms with Crippen LogP contribution in [0.2, 0.25) is 0 Å². The van der Waals surface area contributed by atoms with Gasteiger partial charge in [-0.3, -0.25) is 0 Å². The molecule has 3 nitrogen and oxygen atoms in total. The van der Waals surface area contributed by atoms with Crippen molar-refractivity contribution in [3.05, 3.63) is 273 Å². The molecule has 0 spiro atoms. The van der Waals surface area contributed by atoms with Gasteiger partial charge in [0.2, 0.25) is 0 Å². The van der Waals surface area contributed by atoms with Crippen LogP contribution in [0.5, 0.6) is 0 Å². The molecule has 3 aromatic heterocycles. The highest BCUT2D eigenvalue weighted by Gasteiger charge is 2.41. The Morgan fingerprint density at radius 1 is 0.229 bits per heavy atom. The molecule has 0 saturated heterocycles. The van der Waals surface area contributed by atoms with Gasteiger partial charge in [0.15, 0.2) is 8.07 Å². The van der Waals surface area contributed by atoms with Crippen molar-refractivity contribution in [3.8, 4) is 28.2 Å². The van der Waals surface area contributed by atoms with Crippen molar-refractivity contribution in [2.45, 2.75) is 0 Å². The number of para-hydroxylation sites is 4. The molecule has 0 fully saturated rings. The van der Waals surface area contributed by atoms with E-state index < -0.39 is 8.07 Å². The zero-order valence-electron chi connectivity index (χ0n) is 38.3. The van der Waals surface area contributed by atoms with Crippen LogP contribution < -0.4 is 20.7 Å². The van der Waals surface area contributed by atoms with Gasteiger partial charge in [0.1, 0.15) is 0 Å². The van der Waals surface area contributed by atoms with Crippen LogP contribution in [0.3, 0.4) is 0 Å². The molecule has 11 aromatic carbocycles. The molecule has 0 aliphatic heterocycles. The standard InChI is InChI=1S/C66H45N3Si/c1-5-21-46(22-6-1)47-23-19-24-48(43-47)67-60-35-16-13-33-56(60)57-41-39-49(44-64(57)67)68-65-45-53(70(50-25-7-2-8-26-50,51-27-9-3-10-28-51)52-29-11-4-12-30-52)40-42-58(65)59-34-20-38-63(66(59)68)69-61-36-17-14-31-54(61)55-32-15-18-37-62(55)69/h1-45H. The number of fused-ring (bicyclic) bond motifs is 9. The van der Waals surface area contributed by atoms with Gasteiger partial charge in [-0.05, 0) is 86.5 Å². The maximum atomic E-state index is 2.58. The summed E-state index contributed by atoms with van der Waals surface area (Å²) in [5, 5.41) is 12.8. The quantitative estimate of drug-likeness (QED) is 0.107. The summed E-state index contributed by atoms with van der Waals surface area (Å²) in [5.41, 5.74) is 12.8. The number of nitrogens with zero attached hydrogens (tertiary/aromatic N) is 3. The number of benzene rings is 11. The SMILES string of the molecule is c1ccc(-c2cccc(-n3c4ccccc4c4ccc(-n5c6cc([Si](c7ccccc7)(c7ccccc7)c7ccccc7)ccc6c6cccc(-n7c8ccccc8c8ccccc87)c65)cc43)c2)cc1. The Morgan fingerprint density at radius 2 is 0.657 bits per heavy atom. The Kier molecular flexibility index (Phi) is 9.23. The minimum Gasteiger partial charge on any atom is -0.309 e. The van der Waals surface area contributed by atoms with Crippen LogP contribution in [0.1, 0.15) is 0 Å². The van der Waals surface area contributed by atoms with Crippen LogP contribution in [-0.2, 0) is 0 Å². The van der Waals surface area contributed by atoms with Crippen molar-refractivity contribution in [2.24, 2.45) is 0 Å². The van der Waals surface area contributed by atoms with Gasteiger partial charge in [0.05, 0.1) is 38.8 Å². The van der Waals surface area contributed by atoms with Crippen LogP contribution in [0.4, 0.5) is 0 Å². The summed E-state index contributed by atoms with van der Waals surface area (Å²) < 4.78 is 7.53. The molecule has 0 saturated carbocycles. The number of hydrogen-bond donors (Lipinski definition) is 0. The number of rotatable bonds is 8. The van der Waals surface area contributed by atoms with Crippen LogP contribution in [0.15, 0.2) is 273 Å². The lowest BCUT2D eigenvalue weighted by Crippen LogP contribution is -2.74. The fraction of sp³-hybridized carbons (Fsp3) is 0. The van der Waals surface area contributed by atoms with Gasteiger partial charge in [-0.25, -0.2) is 0 Å². The molecule has 4 heteroatoms. The Morgan fingerprint density at radius 3 is 1.26 bits per heavy atom. The van der Waals surface area contributed by atoms with Crippen molar-refractivity contribution >= 4 is 94.2 Å². The van der Waals surface area contributed by atoms with Gasteiger partial charge in [-0.1, -0.05) is 218 Å². The summed E-state index contributed by atoms with van der Waals surface area (Å²) in [7, 11) is -2.90. The maximum absolute atomic E-state index is 2.90. The van der Waals surface area contributed by atoms with Crippen molar-refractivity contribution < 1.29 is 0 Å². The first kappa shape index (κ1) is 40.1. The molecule has 0 bridgehead atoms. The minimum absolute atomic E-state index is 1.10. The lowest BCUT2D eigenvalue weighted by atomic mass is 10.1. The van der Waals surface area contributed by atoms with E-state index in [4.69, 9.17) is 0 Å². The van der Waals surface area contributed by atoms with E-state index in [2.05, 4.69) is 287 Å². The van der Waals surface area contributed by atoms with E-state index >= 15 is 0 Å². The largest absolute Gasteiger partial charge is 0.309 e. The zero-order chi connectivity index (χ0) is 46.2. The highest BCUT2D eigenvalue weighted by molar-refractivity contribution is 7.20. The second kappa shape index (κ2) is 16.1.